The minimum absolute atomic E-state index is 0. The summed E-state index contributed by atoms with van der Waals surface area (Å²) in [6, 6.07) is 0. The Morgan fingerprint density at radius 2 is 1.69 bits per heavy atom. The molecule has 0 N–H and O–H groups in total. The molecule has 1 nitrogen and oxygen atoms in total. The Bertz CT molecular complexity index is 609. The first kappa shape index (κ1) is 23.3. The molecule has 0 spiro atoms. The Labute approximate surface area is 182 Å². The molecule has 4 aliphatic rings. The third-order valence-electron chi connectivity index (χ3n) is 11.2. The van der Waals surface area contributed by atoms with Gasteiger partial charge in [-0.3, -0.25) is 0 Å². The van der Waals surface area contributed by atoms with Gasteiger partial charge in [0.15, 0.2) is 0 Å². The Hall–Kier alpha value is -0.330. The molecular formula is C28H50O. The van der Waals surface area contributed by atoms with Gasteiger partial charge in [-0.15, -0.1) is 0 Å². The fourth-order valence-electron chi connectivity index (χ4n) is 9.76. The van der Waals surface area contributed by atoms with Gasteiger partial charge in [0.25, 0.3) is 0 Å². The van der Waals surface area contributed by atoms with Crippen molar-refractivity contribution in [1.82, 2.24) is 0 Å². The number of Topliss-reactive ketones (excluding diaryl/α,β-unsaturated/α-hetero) is 1. The van der Waals surface area contributed by atoms with E-state index in [-0.39, 0.29) is 7.43 Å². The zero-order valence-corrected chi connectivity index (χ0v) is 19.8. The molecule has 4 rings (SSSR count). The van der Waals surface area contributed by atoms with Crippen molar-refractivity contribution >= 4 is 5.78 Å². The van der Waals surface area contributed by atoms with Gasteiger partial charge in [0, 0.05) is 6.42 Å². The molecule has 0 heterocycles. The van der Waals surface area contributed by atoms with Gasteiger partial charge in [-0.1, -0.05) is 55.4 Å². The highest BCUT2D eigenvalue weighted by atomic mass is 16.1. The lowest BCUT2D eigenvalue weighted by Crippen LogP contribution is -2.58. The van der Waals surface area contributed by atoms with Gasteiger partial charge in [-0.2, -0.15) is 0 Å². The first-order chi connectivity index (χ1) is 13.1. The van der Waals surface area contributed by atoms with Crippen LogP contribution in [0.5, 0.6) is 0 Å². The number of rotatable bonds is 3. The first-order valence-corrected chi connectivity index (χ1v) is 12.6. The molecule has 4 aliphatic carbocycles. The van der Waals surface area contributed by atoms with Gasteiger partial charge in [0.1, 0.15) is 5.78 Å². The lowest BCUT2D eigenvalue weighted by atomic mass is 9.40. The second-order valence-electron chi connectivity index (χ2n) is 12.7. The van der Waals surface area contributed by atoms with Crippen LogP contribution in [0.25, 0.3) is 0 Å². The summed E-state index contributed by atoms with van der Waals surface area (Å²) in [6.07, 6.45) is 10.9. The van der Waals surface area contributed by atoms with Crippen LogP contribution in [0.15, 0.2) is 0 Å². The smallest absolute Gasteiger partial charge is 0.130 e. The highest BCUT2D eigenvalue weighted by molar-refractivity contribution is 5.75. The predicted octanol–water partition coefficient (Wildman–Crippen LogP) is 8.02. The summed E-state index contributed by atoms with van der Waals surface area (Å²) in [7, 11) is 0. The first-order valence-electron chi connectivity index (χ1n) is 12.6. The Kier molecular flexibility index (Phi) is 6.42. The van der Waals surface area contributed by atoms with Gasteiger partial charge < -0.3 is 4.79 Å². The number of carbonyl (C=O) groups excluding carboxylic acids is 1. The van der Waals surface area contributed by atoms with E-state index in [2.05, 4.69) is 41.5 Å². The van der Waals surface area contributed by atoms with E-state index in [9.17, 15) is 4.79 Å². The summed E-state index contributed by atoms with van der Waals surface area (Å²) in [5.41, 5.74) is 1.05. The average molecular weight is 403 g/mol. The number of hydrogen-bond donors (Lipinski definition) is 0. The van der Waals surface area contributed by atoms with Crippen LogP contribution in [0.2, 0.25) is 0 Å². The van der Waals surface area contributed by atoms with Crippen molar-refractivity contribution in [3.05, 3.63) is 0 Å². The van der Waals surface area contributed by atoms with E-state index in [0.717, 1.165) is 53.8 Å². The van der Waals surface area contributed by atoms with Gasteiger partial charge in [0.05, 0.1) is 0 Å². The quantitative estimate of drug-likeness (QED) is 0.467. The van der Waals surface area contributed by atoms with Crippen LogP contribution in [0, 0.1) is 64.1 Å². The van der Waals surface area contributed by atoms with E-state index < -0.39 is 0 Å². The molecule has 0 aromatic carbocycles. The van der Waals surface area contributed by atoms with Crippen LogP contribution in [0.4, 0.5) is 0 Å². The normalized spacial score (nSPS) is 52.5. The number of carbonyl (C=O) groups is 1. The van der Waals surface area contributed by atoms with Crippen molar-refractivity contribution in [2.75, 3.05) is 0 Å². The van der Waals surface area contributed by atoms with E-state index in [1.54, 1.807) is 6.92 Å². The highest BCUT2D eigenvalue weighted by Gasteiger charge is 2.64. The minimum Gasteiger partial charge on any atom is -0.300 e. The zero-order chi connectivity index (χ0) is 20.4. The molecule has 0 radical (unpaired) electrons. The largest absolute Gasteiger partial charge is 0.300 e. The molecule has 168 valence electrons. The monoisotopic (exact) mass is 402 g/mol. The van der Waals surface area contributed by atoms with E-state index in [0.29, 0.717) is 22.5 Å². The molecule has 0 bridgehead atoms. The fourth-order valence-corrected chi connectivity index (χ4v) is 9.76. The van der Waals surface area contributed by atoms with Crippen LogP contribution in [0.1, 0.15) is 107 Å². The van der Waals surface area contributed by atoms with E-state index in [1.165, 1.54) is 44.9 Å². The van der Waals surface area contributed by atoms with E-state index in [1.807, 2.05) is 0 Å². The molecule has 1 heteroatoms. The Morgan fingerprint density at radius 1 is 1.00 bits per heavy atom. The third kappa shape index (κ3) is 3.45. The van der Waals surface area contributed by atoms with Crippen molar-refractivity contribution < 1.29 is 4.79 Å². The molecule has 0 aromatic rings. The van der Waals surface area contributed by atoms with Crippen molar-refractivity contribution in [3.63, 3.8) is 0 Å². The Balaban J connectivity index is 0.00000240. The molecule has 0 aliphatic heterocycles. The molecule has 0 aromatic heterocycles. The number of ketones is 1. The van der Waals surface area contributed by atoms with Gasteiger partial charge in [-0.25, -0.2) is 0 Å². The summed E-state index contributed by atoms with van der Waals surface area (Å²) < 4.78 is 0. The maximum absolute atomic E-state index is 11.9. The van der Waals surface area contributed by atoms with Crippen molar-refractivity contribution in [2.45, 2.75) is 107 Å². The van der Waals surface area contributed by atoms with E-state index >= 15 is 0 Å². The lowest BCUT2D eigenvalue weighted by molar-refractivity contribution is -0.163. The second kappa shape index (κ2) is 7.98. The van der Waals surface area contributed by atoms with Gasteiger partial charge in [-0.05, 0) is 110 Å². The maximum Gasteiger partial charge on any atom is 0.130 e. The molecule has 0 saturated heterocycles. The minimum atomic E-state index is 0. The molecule has 4 saturated carbocycles. The SMILES string of the molecule is C.CC(=O)CC(C)C1CCC2C3C(C)CC4CC(C)CC[C@]4(C)C3CC(C)[C@]12C. The fraction of sp³-hybridized carbons (Fsp3) is 0.964. The summed E-state index contributed by atoms with van der Waals surface area (Å²) in [5.74, 6) is 8.09. The zero-order valence-electron chi connectivity index (χ0n) is 19.8. The van der Waals surface area contributed by atoms with Gasteiger partial charge in [0.2, 0.25) is 0 Å². The molecule has 29 heavy (non-hydrogen) atoms. The summed E-state index contributed by atoms with van der Waals surface area (Å²) in [6.45, 7) is 17.2. The summed E-state index contributed by atoms with van der Waals surface area (Å²) in [4.78, 5) is 11.9. The van der Waals surface area contributed by atoms with Crippen molar-refractivity contribution in [3.8, 4) is 0 Å². The maximum atomic E-state index is 11.9. The average Bonchev–Trinajstić information content (AvgIpc) is 2.95. The van der Waals surface area contributed by atoms with Crippen molar-refractivity contribution in [1.29, 1.82) is 0 Å². The van der Waals surface area contributed by atoms with Crippen LogP contribution in [0.3, 0.4) is 0 Å². The van der Waals surface area contributed by atoms with Crippen LogP contribution >= 0.6 is 0 Å². The molecular weight excluding hydrogens is 352 g/mol. The molecule has 4 fully saturated rings. The Morgan fingerprint density at radius 3 is 2.34 bits per heavy atom. The van der Waals surface area contributed by atoms with E-state index in [4.69, 9.17) is 0 Å². The second-order valence-corrected chi connectivity index (χ2v) is 12.7. The number of hydrogen-bond acceptors (Lipinski definition) is 1. The third-order valence-corrected chi connectivity index (χ3v) is 11.2. The van der Waals surface area contributed by atoms with Crippen molar-refractivity contribution in [2.24, 2.45) is 64.1 Å². The highest BCUT2D eigenvalue weighted by Crippen LogP contribution is 2.71. The van der Waals surface area contributed by atoms with Gasteiger partial charge >= 0.3 is 0 Å². The standard InChI is InChI=1S/C27H46O.CH4/c1-16-10-11-26(6)21(12-16)14-18(3)25-23-9-8-22(17(2)13-20(5)28)27(23,7)19(4)15-24(25)26;/h16-19,21-25H,8-15H2,1-7H3;1H4/t16?,17?,18?,19?,21?,22?,23?,24?,25?,26-,27+;/m0./s1. The molecule has 9 unspecified atom stereocenters. The summed E-state index contributed by atoms with van der Waals surface area (Å²) in [5, 5.41) is 0. The predicted molar refractivity (Wildman–Crippen MR) is 125 cm³/mol. The molecule has 11 atom stereocenters. The molecule has 0 amide bonds. The lowest BCUT2D eigenvalue weighted by Gasteiger charge is -2.65. The topological polar surface area (TPSA) is 17.1 Å². The number of fused-ring (bicyclic) bond motifs is 5. The van der Waals surface area contributed by atoms with Crippen LogP contribution < -0.4 is 0 Å². The van der Waals surface area contributed by atoms with Crippen LogP contribution in [-0.4, -0.2) is 5.78 Å². The summed E-state index contributed by atoms with van der Waals surface area (Å²) >= 11 is 0. The van der Waals surface area contributed by atoms with Crippen LogP contribution in [-0.2, 0) is 4.79 Å².